The summed E-state index contributed by atoms with van der Waals surface area (Å²) in [5.74, 6) is -0.761. The van der Waals surface area contributed by atoms with E-state index in [-0.39, 0.29) is 30.5 Å². The summed E-state index contributed by atoms with van der Waals surface area (Å²) in [5, 5.41) is 12.1. The van der Waals surface area contributed by atoms with Crippen LogP contribution in [0.4, 0.5) is 5.69 Å². The number of carbonyl (C=O) groups is 1. The number of aromatic amines is 1. The number of nitrogens with one attached hydrogen (secondary N) is 2. The predicted molar refractivity (Wildman–Crippen MR) is 171 cm³/mol. The van der Waals surface area contributed by atoms with Gasteiger partial charge in [-0.15, -0.1) is 0 Å². The lowest BCUT2D eigenvalue weighted by Gasteiger charge is -2.40. The lowest BCUT2D eigenvalue weighted by Crippen LogP contribution is -2.43. The molecule has 0 unspecified atom stereocenters. The van der Waals surface area contributed by atoms with Gasteiger partial charge < -0.3 is 29.8 Å². The molecule has 0 bridgehead atoms. The van der Waals surface area contributed by atoms with Crippen molar-refractivity contribution in [1.29, 1.82) is 0 Å². The van der Waals surface area contributed by atoms with E-state index >= 15 is 0 Å². The molecule has 3 atom stereocenters. The van der Waals surface area contributed by atoms with E-state index in [4.69, 9.17) is 44.3 Å². The topological polar surface area (TPSA) is 109 Å². The van der Waals surface area contributed by atoms with E-state index in [9.17, 15) is 14.7 Å². The van der Waals surface area contributed by atoms with Crippen LogP contribution in [0.1, 0.15) is 54.4 Å². The summed E-state index contributed by atoms with van der Waals surface area (Å²) in [4.78, 5) is 30.4. The molecule has 1 aromatic heterocycles. The highest BCUT2D eigenvalue weighted by molar-refractivity contribution is 6.76. The Morgan fingerprint density at radius 2 is 1.73 bits per heavy atom. The van der Waals surface area contributed by atoms with E-state index in [1.165, 1.54) is 0 Å². The SMILES string of the molecule is O=C(Nc1cccc([C@@H]2O[C@H](CN3CCC(n4c(=O)[nH]c5ccccc54)CC3)C[C@H](c3ccc(CO)cc3)O2)c1)C(Cl)(Cl)Cl. The molecule has 0 spiro atoms. The number of aromatic nitrogens is 2. The summed E-state index contributed by atoms with van der Waals surface area (Å²) < 4.78 is 12.8. The molecule has 3 heterocycles. The number of piperidine rings is 1. The summed E-state index contributed by atoms with van der Waals surface area (Å²) in [5.41, 5.74) is 4.70. The fourth-order valence-corrected chi connectivity index (χ4v) is 6.22. The van der Waals surface area contributed by atoms with Gasteiger partial charge >= 0.3 is 5.69 Å². The summed E-state index contributed by atoms with van der Waals surface area (Å²) in [6, 6.07) is 22.7. The monoisotopic (exact) mass is 658 g/mol. The van der Waals surface area contributed by atoms with Crippen LogP contribution < -0.4 is 11.0 Å². The molecule has 2 fully saturated rings. The van der Waals surface area contributed by atoms with Crippen LogP contribution in [0.2, 0.25) is 0 Å². The third-order valence-electron chi connectivity index (χ3n) is 8.30. The molecule has 0 saturated carbocycles. The zero-order chi connectivity index (χ0) is 30.8. The number of H-pyrrole nitrogens is 1. The molecule has 0 radical (unpaired) electrons. The molecule has 6 rings (SSSR count). The number of hydrogen-bond acceptors (Lipinski definition) is 6. The van der Waals surface area contributed by atoms with Crippen molar-refractivity contribution in [3.8, 4) is 0 Å². The van der Waals surface area contributed by atoms with Crippen molar-refractivity contribution in [3.63, 3.8) is 0 Å². The van der Waals surface area contributed by atoms with Crippen LogP contribution in [-0.4, -0.2) is 55.0 Å². The van der Waals surface area contributed by atoms with Crippen LogP contribution in [0, 0.1) is 0 Å². The quantitative estimate of drug-likeness (QED) is 0.210. The van der Waals surface area contributed by atoms with Crippen molar-refractivity contribution in [1.82, 2.24) is 14.5 Å². The lowest BCUT2D eigenvalue weighted by atomic mass is 9.98. The number of anilines is 1. The second kappa shape index (κ2) is 13.2. The van der Waals surface area contributed by atoms with Crippen molar-refractivity contribution >= 4 is 57.4 Å². The molecule has 2 saturated heterocycles. The van der Waals surface area contributed by atoms with Crippen LogP contribution in [-0.2, 0) is 20.9 Å². The van der Waals surface area contributed by atoms with Gasteiger partial charge in [0.2, 0.25) is 0 Å². The van der Waals surface area contributed by atoms with Gasteiger partial charge in [0, 0.05) is 43.3 Å². The second-order valence-corrected chi connectivity index (χ2v) is 13.6. The van der Waals surface area contributed by atoms with E-state index in [1.54, 1.807) is 18.2 Å². The van der Waals surface area contributed by atoms with Gasteiger partial charge in [-0.05, 0) is 48.2 Å². The fourth-order valence-electron chi connectivity index (χ4n) is 6.08. The molecule has 4 aromatic rings. The lowest BCUT2D eigenvalue weighted by molar-refractivity contribution is -0.253. The van der Waals surface area contributed by atoms with Crippen molar-refractivity contribution < 1.29 is 19.4 Å². The normalized spacial score (nSPS) is 21.9. The van der Waals surface area contributed by atoms with Crippen molar-refractivity contribution in [2.24, 2.45) is 0 Å². The number of aliphatic hydroxyl groups is 1. The van der Waals surface area contributed by atoms with E-state index < -0.39 is 16.0 Å². The Balaban J connectivity index is 1.18. The summed E-state index contributed by atoms with van der Waals surface area (Å²) in [7, 11) is 0. The third kappa shape index (κ3) is 7.00. The van der Waals surface area contributed by atoms with Crippen LogP contribution in [0.25, 0.3) is 11.0 Å². The molecule has 12 heteroatoms. The number of alkyl halides is 3. The average molecular weight is 660 g/mol. The Hall–Kier alpha value is -2.89. The maximum atomic E-state index is 12.8. The van der Waals surface area contributed by atoms with E-state index in [0.717, 1.165) is 48.1 Å². The zero-order valence-corrected chi connectivity index (χ0v) is 26.1. The standard InChI is InChI=1S/C32H33Cl3N4O5/c33-32(34,35)30(41)36-23-5-3-4-22(16-23)29-43-25(17-28(44-29)21-10-8-20(19-40)9-11-21)18-38-14-12-24(13-15-38)39-27-7-2-1-6-26(27)37-31(39)42/h1-11,16,24-25,28-29,40H,12-15,17-19H2,(H,36,41)(H,37,42)/t25-,28+,29+/m0/s1. The smallest absolute Gasteiger partial charge is 0.326 e. The van der Waals surface area contributed by atoms with Gasteiger partial charge in [-0.3, -0.25) is 9.36 Å². The number of ether oxygens (including phenoxy) is 2. The first-order chi connectivity index (χ1) is 21.2. The van der Waals surface area contributed by atoms with Crippen molar-refractivity contribution in [2.45, 2.75) is 54.2 Å². The number of amides is 1. The molecule has 2 aliphatic rings. The minimum Gasteiger partial charge on any atom is -0.392 e. The molecule has 3 aromatic carbocycles. The maximum Gasteiger partial charge on any atom is 0.326 e. The Labute approximate surface area is 269 Å². The van der Waals surface area contributed by atoms with Crippen LogP contribution >= 0.6 is 34.8 Å². The van der Waals surface area contributed by atoms with Gasteiger partial charge in [0.15, 0.2) is 6.29 Å². The number of likely N-dealkylation sites (tertiary alicyclic amines) is 1. The number of halogens is 3. The van der Waals surface area contributed by atoms with E-state index in [2.05, 4.69) is 15.2 Å². The highest BCUT2D eigenvalue weighted by Gasteiger charge is 2.35. The van der Waals surface area contributed by atoms with Crippen LogP contribution in [0.5, 0.6) is 0 Å². The number of fused-ring (bicyclic) bond motifs is 1. The zero-order valence-electron chi connectivity index (χ0n) is 23.8. The Bertz CT molecular complexity index is 1660. The highest BCUT2D eigenvalue weighted by Crippen LogP contribution is 2.39. The van der Waals surface area contributed by atoms with E-state index in [0.29, 0.717) is 24.2 Å². The molecule has 232 valence electrons. The number of aliphatic hydroxyl groups excluding tert-OH is 1. The molecule has 44 heavy (non-hydrogen) atoms. The number of para-hydroxylation sites is 2. The van der Waals surface area contributed by atoms with Gasteiger partial charge in [0.1, 0.15) is 0 Å². The first-order valence-electron chi connectivity index (χ1n) is 14.6. The van der Waals surface area contributed by atoms with Crippen LogP contribution in [0.15, 0.2) is 77.6 Å². The van der Waals surface area contributed by atoms with Crippen molar-refractivity contribution in [2.75, 3.05) is 25.0 Å². The van der Waals surface area contributed by atoms with Gasteiger partial charge in [-0.2, -0.15) is 0 Å². The van der Waals surface area contributed by atoms with E-state index in [1.807, 2.05) is 59.2 Å². The summed E-state index contributed by atoms with van der Waals surface area (Å²) >= 11 is 17.2. The Morgan fingerprint density at radius 3 is 2.45 bits per heavy atom. The first kappa shape index (κ1) is 31.1. The minimum atomic E-state index is -2.10. The number of nitrogens with zero attached hydrogens (tertiary/aromatic N) is 2. The Kier molecular flexibility index (Phi) is 9.35. The highest BCUT2D eigenvalue weighted by atomic mass is 35.6. The number of hydrogen-bond donors (Lipinski definition) is 3. The molecular weight excluding hydrogens is 627 g/mol. The third-order valence-corrected chi connectivity index (χ3v) is 8.81. The summed E-state index contributed by atoms with van der Waals surface area (Å²) in [6.07, 6.45) is 1.23. The molecule has 0 aliphatic carbocycles. The molecule has 3 N–H and O–H groups in total. The number of rotatable bonds is 7. The van der Waals surface area contributed by atoms with Crippen molar-refractivity contribution in [3.05, 3.63) is 100.0 Å². The number of carbonyl (C=O) groups excluding carboxylic acids is 1. The molecule has 2 aliphatic heterocycles. The number of imidazole rings is 1. The van der Waals surface area contributed by atoms with Gasteiger partial charge in [-0.25, -0.2) is 4.79 Å². The second-order valence-electron chi connectivity index (χ2n) is 11.3. The van der Waals surface area contributed by atoms with Gasteiger partial charge in [-0.1, -0.05) is 83.3 Å². The molecular formula is C32H33Cl3N4O5. The molecule has 1 amide bonds. The predicted octanol–water partition coefficient (Wildman–Crippen LogP) is 6.01. The van der Waals surface area contributed by atoms with Gasteiger partial charge in [0.25, 0.3) is 9.70 Å². The average Bonchev–Trinajstić information content (AvgIpc) is 3.36. The van der Waals surface area contributed by atoms with Crippen LogP contribution in [0.3, 0.4) is 0 Å². The largest absolute Gasteiger partial charge is 0.392 e. The summed E-state index contributed by atoms with van der Waals surface area (Å²) in [6.45, 7) is 2.32. The minimum absolute atomic E-state index is 0.0342. The first-order valence-corrected chi connectivity index (χ1v) is 15.7. The fraction of sp³-hybridized carbons (Fsp3) is 0.375. The maximum absolute atomic E-state index is 12.8. The Morgan fingerprint density at radius 1 is 0.977 bits per heavy atom. The number of benzene rings is 3. The molecule has 9 nitrogen and oxygen atoms in total. The van der Waals surface area contributed by atoms with Gasteiger partial charge in [0.05, 0.1) is 29.8 Å².